The average Bonchev–Trinajstić information content (AvgIpc) is 2.32. The van der Waals surface area contributed by atoms with Crippen LogP contribution in [0.5, 0.6) is 5.75 Å². The van der Waals surface area contributed by atoms with Gasteiger partial charge >= 0.3 is 0 Å². The first-order valence-electron chi connectivity index (χ1n) is 5.48. The van der Waals surface area contributed by atoms with Crippen LogP contribution in [0.15, 0.2) is 6.07 Å². The van der Waals surface area contributed by atoms with Crippen LogP contribution in [0, 0.1) is 17.1 Å². The number of nitrogens with zero attached hydrogens (tertiary/aromatic N) is 2. The molecule has 1 aromatic carbocycles. The highest BCUT2D eigenvalue weighted by molar-refractivity contribution is 6.31. The molecule has 2 rings (SSSR count). The molecule has 1 aromatic rings. The Morgan fingerprint density at radius 2 is 2.41 bits per heavy atom. The molecule has 0 aromatic heterocycles. The number of rotatable bonds is 2. The minimum absolute atomic E-state index is 0.0272. The van der Waals surface area contributed by atoms with Crippen LogP contribution in [-0.4, -0.2) is 19.7 Å². The Morgan fingerprint density at radius 3 is 3.06 bits per heavy atom. The summed E-state index contributed by atoms with van der Waals surface area (Å²) in [6.07, 6.45) is 0.925. The molecule has 1 aliphatic heterocycles. The summed E-state index contributed by atoms with van der Waals surface area (Å²) < 4.78 is 19.2. The number of fused-ring (bicyclic) bond motifs is 1. The Labute approximate surface area is 104 Å². The number of hydrogen-bond donors (Lipinski definition) is 0. The van der Waals surface area contributed by atoms with Crippen LogP contribution in [0.1, 0.15) is 18.9 Å². The number of ether oxygens (including phenoxy) is 1. The maximum Gasteiger partial charge on any atom is 0.161 e. The van der Waals surface area contributed by atoms with E-state index in [0.29, 0.717) is 24.6 Å². The highest BCUT2D eigenvalue weighted by atomic mass is 35.5. The zero-order valence-electron chi connectivity index (χ0n) is 9.46. The van der Waals surface area contributed by atoms with Gasteiger partial charge in [0.1, 0.15) is 29.7 Å². The second-order valence-electron chi connectivity index (χ2n) is 3.84. The fourth-order valence-electron chi connectivity index (χ4n) is 1.99. The van der Waals surface area contributed by atoms with Crippen LogP contribution < -0.4 is 9.64 Å². The molecule has 17 heavy (non-hydrogen) atoms. The van der Waals surface area contributed by atoms with Crippen molar-refractivity contribution >= 4 is 17.3 Å². The molecule has 1 heterocycles. The predicted octanol–water partition coefficient (Wildman–Crippen LogP) is 2.96. The van der Waals surface area contributed by atoms with Crippen LogP contribution in [0.2, 0.25) is 5.02 Å². The van der Waals surface area contributed by atoms with E-state index in [-0.39, 0.29) is 10.6 Å². The van der Waals surface area contributed by atoms with Crippen LogP contribution >= 0.6 is 11.6 Å². The molecule has 0 bridgehead atoms. The normalized spacial score (nSPS) is 13.9. The summed E-state index contributed by atoms with van der Waals surface area (Å²) in [5, 5.41) is 8.98. The highest BCUT2D eigenvalue weighted by Gasteiger charge is 2.25. The van der Waals surface area contributed by atoms with Crippen LogP contribution in [0.4, 0.5) is 10.1 Å². The summed E-state index contributed by atoms with van der Waals surface area (Å²) in [7, 11) is 0. The second kappa shape index (κ2) is 4.80. The molecule has 3 nitrogen and oxygen atoms in total. The Balaban J connectivity index is 2.59. The third kappa shape index (κ3) is 2.03. The van der Waals surface area contributed by atoms with Gasteiger partial charge in [-0.2, -0.15) is 5.26 Å². The van der Waals surface area contributed by atoms with E-state index in [9.17, 15) is 4.39 Å². The lowest BCUT2D eigenvalue weighted by atomic mass is 10.1. The number of anilines is 1. The molecule has 5 heteroatoms. The van der Waals surface area contributed by atoms with E-state index in [2.05, 4.69) is 0 Å². The molecule has 0 atom stereocenters. The quantitative estimate of drug-likeness (QED) is 0.814. The SMILES string of the molecule is CCCN1CCOc2cc(Cl)c(F)c(C#N)c21. The molecule has 0 saturated carbocycles. The van der Waals surface area contributed by atoms with Crippen molar-refractivity contribution in [3.8, 4) is 11.8 Å². The zero-order valence-corrected chi connectivity index (χ0v) is 10.2. The molecule has 0 aliphatic carbocycles. The number of benzene rings is 1. The van der Waals surface area contributed by atoms with Gasteiger partial charge in [0.15, 0.2) is 5.82 Å². The summed E-state index contributed by atoms with van der Waals surface area (Å²) in [5.74, 6) is -0.174. The Bertz CT molecular complexity index is 484. The van der Waals surface area contributed by atoms with E-state index >= 15 is 0 Å². The molecule has 1 aliphatic rings. The maximum atomic E-state index is 13.8. The molecule has 0 N–H and O–H groups in total. The molecule has 0 unspecified atom stereocenters. The summed E-state index contributed by atoms with van der Waals surface area (Å²) >= 11 is 5.73. The predicted molar refractivity (Wildman–Crippen MR) is 64.1 cm³/mol. The summed E-state index contributed by atoms with van der Waals surface area (Å²) in [4.78, 5) is 1.97. The standard InChI is InChI=1S/C12H12ClFN2O/c1-2-3-16-4-5-17-10-6-9(13)11(14)8(7-15)12(10)16/h6H,2-5H2,1H3. The van der Waals surface area contributed by atoms with Crippen molar-refractivity contribution < 1.29 is 9.13 Å². The Hall–Kier alpha value is -1.47. The van der Waals surface area contributed by atoms with Gasteiger partial charge in [-0.3, -0.25) is 0 Å². The van der Waals surface area contributed by atoms with E-state index in [1.165, 1.54) is 6.07 Å². The molecule has 0 radical (unpaired) electrons. The number of nitriles is 1. The first-order chi connectivity index (χ1) is 8.19. The van der Waals surface area contributed by atoms with Gasteiger partial charge in [0.2, 0.25) is 0 Å². The molecular formula is C12H12ClFN2O. The molecule has 0 spiro atoms. The van der Waals surface area contributed by atoms with Gasteiger partial charge in [0, 0.05) is 12.6 Å². The minimum atomic E-state index is -0.667. The van der Waals surface area contributed by atoms with Gasteiger partial charge in [-0.05, 0) is 6.42 Å². The highest BCUT2D eigenvalue weighted by Crippen LogP contribution is 2.39. The maximum absolute atomic E-state index is 13.8. The first kappa shape index (κ1) is 12.0. The first-order valence-corrected chi connectivity index (χ1v) is 5.86. The molecule has 0 saturated heterocycles. The van der Waals surface area contributed by atoms with Crippen LogP contribution in [-0.2, 0) is 0 Å². The Kier molecular flexibility index (Phi) is 3.39. The van der Waals surface area contributed by atoms with Gasteiger partial charge in [-0.1, -0.05) is 18.5 Å². The zero-order chi connectivity index (χ0) is 12.4. The van der Waals surface area contributed by atoms with E-state index < -0.39 is 5.82 Å². The van der Waals surface area contributed by atoms with Gasteiger partial charge in [-0.15, -0.1) is 0 Å². The second-order valence-corrected chi connectivity index (χ2v) is 4.25. The van der Waals surface area contributed by atoms with Gasteiger partial charge in [-0.25, -0.2) is 4.39 Å². The van der Waals surface area contributed by atoms with E-state index in [1.54, 1.807) is 0 Å². The largest absolute Gasteiger partial charge is 0.489 e. The third-order valence-electron chi connectivity index (χ3n) is 2.70. The lowest BCUT2D eigenvalue weighted by Gasteiger charge is -2.32. The average molecular weight is 255 g/mol. The van der Waals surface area contributed by atoms with E-state index in [4.69, 9.17) is 21.6 Å². The van der Waals surface area contributed by atoms with Crippen molar-refractivity contribution in [1.82, 2.24) is 0 Å². The number of hydrogen-bond acceptors (Lipinski definition) is 3. The smallest absolute Gasteiger partial charge is 0.161 e. The van der Waals surface area contributed by atoms with Crippen LogP contribution in [0.3, 0.4) is 0 Å². The summed E-state index contributed by atoms with van der Waals surface area (Å²) in [6, 6.07) is 3.31. The van der Waals surface area contributed by atoms with Crippen LogP contribution in [0.25, 0.3) is 0 Å². The van der Waals surface area contributed by atoms with Gasteiger partial charge < -0.3 is 9.64 Å². The third-order valence-corrected chi connectivity index (χ3v) is 2.97. The van der Waals surface area contributed by atoms with Gasteiger partial charge in [0.05, 0.1) is 11.6 Å². The molecule has 90 valence electrons. The van der Waals surface area contributed by atoms with E-state index in [0.717, 1.165) is 13.0 Å². The Morgan fingerprint density at radius 1 is 1.65 bits per heavy atom. The van der Waals surface area contributed by atoms with Crippen molar-refractivity contribution in [2.24, 2.45) is 0 Å². The lowest BCUT2D eigenvalue weighted by molar-refractivity contribution is 0.306. The summed E-state index contributed by atoms with van der Waals surface area (Å²) in [5.41, 5.74) is 0.503. The number of halogens is 2. The monoisotopic (exact) mass is 254 g/mol. The van der Waals surface area contributed by atoms with Gasteiger partial charge in [0.25, 0.3) is 0 Å². The van der Waals surface area contributed by atoms with Crippen molar-refractivity contribution in [2.45, 2.75) is 13.3 Å². The minimum Gasteiger partial charge on any atom is -0.489 e. The molecule has 0 fully saturated rings. The van der Waals surface area contributed by atoms with Crippen molar-refractivity contribution in [2.75, 3.05) is 24.6 Å². The lowest BCUT2D eigenvalue weighted by Crippen LogP contribution is -2.34. The topological polar surface area (TPSA) is 36.3 Å². The molecular weight excluding hydrogens is 243 g/mol. The van der Waals surface area contributed by atoms with Crippen molar-refractivity contribution in [3.63, 3.8) is 0 Å². The van der Waals surface area contributed by atoms with E-state index in [1.807, 2.05) is 17.9 Å². The molecule has 0 amide bonds. The van der Waals surface area contributed by atoms with Crippen molar-refractivity contribution in [1.29, 1.82) is 5.26 Å². The fraction of sp³-hybridized carbons (Fsp3) is 0.417. The van der Waals surface area contributed by atoms with Crippen molar-refractivity contribution in [3.05, 3.63) is 22.5 Å². The summed E-state index contributed by atoms with van der Waals surface area (Å²) in [6.45, 7) is 4.00. The fourth-order valence-corrected chi connectivity index (χ4v) is 2.18.